The fourth-order valence-electron chi connectivity index (χ4n) is 3.53. The van der Waals surface area contributed by atoms with E-state index in [1.807, 2.05) is 29.6 Å². The standard InChI is InChI=1S/C26H26N4O5S/c1-33-19-6-4-17(5-7-19)26-28-18(16-36-26)12-13-27-24(31)15-30-25(32)11-9-22(29-30)21-14-20(34-2)8-10-23(21)35-3/h4-11,14,16H,12-13,15H2,1-3H3,(H,27,31). The molecule has 0 saturated carbocycles. The quantitative estimate of drug-likeness (QED) is 0.351. The van der Waals surface area contributed by atoms with Crippen molar-refractivity contribution in [2.45, 2.75) is 13.0 Å². The molecule has 186 valence electrons. The van der Waals surface area contributed by atoms with E-state index in [0.29, 0.717) is 35.7 Å². The third kappa shape index (κ3) is 5.89. The van der Waals surface area contributed by atoms with Gasteiger partial charge in [-0.05, 0) is 48.5 Å². The number of nitrogens with one attached hydrogen (secondary N) is 1. The van der Waals surface area contributed by atoms with Crippen LogP contribution in [-0.2, 0) is 17.8 Å². The van der Waals surface area contributed by atoms with Crippen molar-refractivity contribution in [2.24, 2.45) is 0 Å². The van der Waals surface area contributed by atoms with Crippen LogP contribution >= 0.6 is 11.3 Å². The first kappa shape index (κ1) is 24.9. The predicted octanol–water partition coefficient (Wildman–Crippen LogP) is 3.42. The van der Waals surface area contributed by atoms with Crippen molar-refractivity contribution in [3.05, 3.63) is 76.0 Å². The van der Waals surface area contributed by atoms with Gasteiger partial charge in [-0.3, -0.25) is 9.59 Å². The normalized spacial score (nSPS) is 10.6. The summed E-state index contributed by atoms with van der Waals surface area (Å²) in [6, 6.07) is 16.0. The van der Waals surface area contributed by atoms with Gasteiger partial charge in [-0.2, -0.15) is 5.10 Å². The molecule has 9 nitrogen and oxygen atoms in total. The number of ether oxygens (including phenoxy) is 3. The molecule has 0 unspecified atom stereocenters. The van der Waals surface area contributed by atoms with E-state index < -0.39 is 0 Å². The lowest BCUT2D eigenvalue weighted by Gasteiger charge is -2.12. The molecule has 2 aromatic heterocycles. The van der Waals surface area contributed by atoms with E-state index in [2.05, 4.69) is 15.4 Å². The van der Waals surface area contributed by atoms with E-state index in [1.165, 1.54) is 6.07 Å². The molecule has 10 heteroatoms. The van der Waals surface area contributed by atoms with E-state index >= 15 is 0 Å². The number of amides is 1. The summed E-state index contributed by atoms with van der Waals surface area (Å²) in [6.07, 6.45) is 0.571. The topological polar surface area (TPSA) is 105 Å². The Bertz CT molecular complexity index is 1400. The molecule has 0 aliphatic carbocycles. The molecular formula is C26H26N4O5S. The summed E-state index contributed by atoms with van der Waals surface area (Å²) < 4.78 is 17.0. The van der Waals surface area contributed by atoms with Crippen LogP contribution in [-0.4, -0.2) is 48.5 Å². The SMILES string of the molecule is COc1ccc(-c2nc(CCNC(=O)Cn3nc(-c4cc(OC)ccc4OC)ccc3=O)cs2)cc1. The maximum atomic E-state index is 12.5. The number of carbonyl (C=O) groups is 1. The minimum atomic E-state index is -0.376. The number of benzene rings is 2. The largest absolute Gasteiger partial charge is 0.497 e. The van der Waals surface area contributed by atoms with Gasteiger partial charge in [0.1, 0.15) is 28.8 Å². The second kappa shape index (κ2) is 11.5. The van der Waals surface area contributed by atoms with Crippen LogP contribution in [0.15, 0.2) is 64.8 Å². The molecule has 2 heterocycles. The molecule has 0 bridgehead atoms. The van der Waals surface area contributed by atoms with Gasteiger partial charge in [0, 0.05) is 35.5 Å². The van der Waals surface area contributed by atoms with Crippen LogP contribution in [0.3, 0.4) is 0 Å². The van der Waals surface area contributed by atoms with Gasteiger partial charge in [0.2, 0.25) is 5.91 Å². The highest BCUT2D eigenvalue weighted by Gasteiger charge is 2.13. The second-order valence-electron chi connectivity index (χ2n) is 7.75. The predicted molar refractivity (Wildman–Crippen MR) is 138 cm³/mol. The summed E-state index contributed by atoms with van der Waals surface area (Å²) in [6.45, 7) is 0.190. The van der Waals surface area contributed by atoms with Crippen LogP contribution in [0.5, 0.6) is 17.2 Å². The molecule has 0 aliphatic heterocycles. The molecule has 1 amide bonds. The minimum Gasteiger partial charge on any atom is -0.497 e. The molecule has 0 fully saturated rings. The lowest BCUT2D eigenvalue weighted by atomic mass is 10.1. The van der Waals surface area contributed by atoms with Crippen LogP contribution in [0.25, 0.3) is 21.8 Å². The number of carbonyl (C=O) groups excluding carboxylic acids is 1. The van der Waals surface area contributed by atoms with Crippen molar-refractivity contribution >= 4 is 17.2 Å². The summed E-state index contributed by atoms with van der Waals surface area (Å²) in [5.74, 6) is 1.68. The lowest BCUT2D eigenvalue weighted by molar-refractivity contribution is -0.121. The van der Waals surface area contributed by atoms with E-state index in [9.17, 15) is 9.59 Å². The first-order valence-corrected chi connectivity index (χ1v) is 12.0. The van der Waals surface area contributed by atoms with Crippen LogP contribution in [0.2, 0.25) is 0 Å². The maximum Gasteiger partial charge on any atom is 0.267 e. The van der Waals surface area contributed by atoms with Crippen molar-refractivity contribution in [1.82, 2.24) is 20.1 Å². The highest BCUT2D eigenvalue weighted by Crippen LogP contribution is 2.31. The Hall–Kier alpha value is -4.18. The number of rotatable bonds is 10. The molecule has 0 spiro atoms. The van der Waals surface area contributed by atoms with E-state index in [0.717, 1.165) is 26.7 Å². The minimum absolute atomic E-state index is 0.201. The van der Waals surface area contributed by atoms with Gasteiger partial charge >= 0.3 is 0 Å². The Morgan fingerprint density at radius 1 is 0.972 bits per heavy atom. The van der Waals surface area contributed by atoms with Crippen molar-refractivity contribution in [3.63, 3.8) is 0 Å². The average molecular weight is 507 g/mol. The van der Waals surface area contributed by atoms with Crippen molar-refractivity contribution < 1.29 is 19.0 Å². The molecule has 36 heavy (non-hydrogen) atoms. The van der Waals surface area contributed by atoms with E-state index in [4.69, 9.17) is 14.2 Å². The lowest BCUT2D eigenvalue weighted by Crippen LogP contribution is -2.34. The Morgan fingerprint density at radius 2 is 1.72 bits per heavy atom. The molecule has 2 aromatic carbocycles. The zero-order chi connectivity index (χ0) is 25.5. The van der Waals surface area contributed by atoms with Gasteiger partial charge in [-0.15, -0.1) is 11.3 Å². The van der Waals surface area contributed by atoms with Crippen LogP contribution in [0.1, 0.15) is 5.69 Å². The van der Waals surface area contributed by atoms with Crippen molar-refractivity contribution in [2.75, 3.05) is 27.9 Å². The van der Waals surface area contributed by atoms with E-state index in [-0.39, 0.29) is 18.0 Å². The molecule has 4 aromatic rings. The Morgan fingerprint density at radius 3 is 2.44 bits per heavy atom. The number of hydrogen-bond acceptors (Lipinski definition) is 8. The maximum absolute atomic E-state index is 12.5. The van der Waals surface area contributed by atoms with Crippen LogP contribution in [0.4, 0.5) is 0 Å². The van der Waals surface area contributed by atoms with Gasteiger partial charge < -0.3 is 19.5 Å². The number of thiazole rings is 1. The molecule has 0 aliphatic rings. The second-order valence-corrected chi connectivity index (χ2v) is 8.61. The smallest absolute Gasteiger partial charge is 0.267 e. The van der Waals surface area contributed by atoms with Crippen molar-refractivity contribution in [3.8, 4) is 39.1 Å². The highest BCUT2D eigenvalue weighted by atomic mass is 32.1. The molecular weight excluding hydrogens is 480 g/mol. The highest BCUT2D eigenvalue weighted by molar-refractivity contribution is 7.13. The molecule has 0 radical (unpaired) electrons. The summed E-state index contributed by atoms with van der Waals surface area (Å²) in [5.41, 5.74) is 2.66. The van der Waals surface area contributed by atoms with Crippen LogP contribution < -0.4 is 25.1 Å². The molecule has 0 saturated heterocycles. The first-order chi connectivity index (χ1) is 17.5. The number of hydrogen-bond donors (Lipinski definition) is 1. The Labute approximate surface area is 212 Å². The Balaban J connectivity index is 1.37. The van der Waals surface area contributed by atoms with Gasteiger partial charge in [0.25, 0.3) is 5.56 Å². The molecule has 0 atom stereocenters. The van der Waals surface area contributed by atoms with Crippen molar-refractivity contribution in [1.29, 1.82) is 0 Å². The van der Waals surface area contributed by atoms with Gasteiger partial charge in [0.15, 0.2) is 0 Å². The fourth-order valence-corrected chi connectivity index (χ4v) is 4.39. The fraction of sp³-hybridized carbons (Fsp3) is 0.231. The summed E-state index contributed by atoms with van der Waals surface area (Å²) in [4.78, 5) is 29.5. The van der Waals surface area contributed by atoms with E-state index in [1.54, 1.807) is 56.9 Å². The average Bonchev–Trinajstić information content (AvgIpc) is 3.38. The van der Waals surface area contributed by atoms with Gasteiger partial charge in [0.05, 0.1) is 32.7 Å². The number of aromatic nitrogens is 3. The van der Waals surface area contributed by atoms with Gasteiger partial charge in [-0.25, -0.2) is 9.67 Å². The Kier molecular flexibility index (Phi) is 7.96. The zero-order valence-corrected chi connectivity index (χ0v) is 21.0. The zero-order valence-electron chi connectivity index (χ0n) is 20.2. The third-order valence-electron chi connectivity index (χ3n) is 5.43. The number of nitrogens with zero attached hydrogens (tertiary/aromatic N) is 3. The number of methoxy groups -OCH3 is 3. The van der Waals surface area contributed by atoms with Gasteiger partial charge in [-0.1, -0.05) is 0 Å². The summed E-state index contributed by atoms with van der Waals surface area (Å²) >= 11 is 1.55. The molecule has 4 rings (SSSR count). The summed E-state index contributed by atoms with van der Waals surface area (Å²) in [7, 11) is 4.75. The molecule has 1 N–H and O–H groups in total. The third-order valence-corrected chi connectivity index (χ3v) is 6.37. The monoisotopic (exact) mass is 506 g/mol. The first-order valence-electron chi connectivity index (χ1n) is 11.2. The summed E-state index contributed by atoms with van der Waals surface area (Å²) in [5, 5.41) is 10.1. The van der Waals surface area contributed by atoms with Crippen LogP contribution in [0, 0.1) is 0 Å².